The highest BCUT2D eigenvalue weighted by Crippen LogP contribution is 2.34. The summed E-state index contributed by atoms with van der Waals surface area (Å²) in [5.41, 5.74) is 0. The van der Waals surface area contributed by atoms with E-state index in [1.165, 1.54) is 11.3 Å². The topological polar surface area (TPSA) is 29.1 Å². The molecule has 0 aliphatic carbocycles. The minimum atomic E-state index is -0.0759. The molecule has 1 aromatic heterocycles. The third kappa shape index (κ3) is 2.06. The number of thiophene rings is 1. The lowest BCUT2D eigenvalue weighted by Crippen LogP contribution is -2.23. The molecule has 0 aliphatic rings. The molecule has 0 aliphatic heterocycles. The van der Waals surface area contributed by atoms with Gasteiger partial charge in [-0.1, -0.05) is 36.7 Å². The molecule has 0 atom stereocenters. The summed E-state index contributed by atoms with van der Waals surface area (Å²) in [7, 11) is 0. The van der Waals surface area contributed by atoms with E-state index in [4.69, 9.17) is 11.6 Å². The van der Waals surface area contributed by atoms with Gasteiger partial charge in [-0.2, -0.15) is 0 Å². The molecule has 0 unspecified atom stereocenters. The molecular weight excluding hydrogens is 242 g/mol. The van der Waals surface area contributed by atoms with Crippen molar-refractivity contribution in [2.45, 2.75) is 13.3 Å². The second-order valence-electron chi connectivity index (χ2n) is 3.50. The Morgan fingerprint density at radius 1 is 1.44 bits per heavy atom. The first-order chi connectivity index (χ1) is 7.74. The number of fused-ring (bicyclic) bond motifs is 1. The van der Waals surface area contributed by atoms with Crippen LogP contribution in [0, 0.1) is 0 Å². The molecule has 16 heavy (non-hydrogen) atoms. The average Bonchev–Trinajstić information content (AvgIpc) is 2.64. The number of benzene rings is 1. The number of hydrogen-bond donors (Lipinski definition) is 1. The number of carbonyl (C=O) groups excluding carboxylic acids is 1. The van der Waals surface area contributed by atoms with Crippen molar-refractivity contribution in [3.63, 3.8) is 0 Å². The fourth-order valence-corrected chi connectivity index (χ4v) is 2.91. The third-order valence-corrected chi connectivity index (χ3v) is 3.95. The smallest absolute Gasteiger partial charge is 0.262 e. The van der Waals surface area contributed by atoms with Gasteiger partial charge in [-0.3, -0.25) is 4.79 Å². The van der Waals surface area contributed by atoms with Gasteiger partial charge in [0.05, 0.1) is 5.02 Å². The van der Waals surface area contributed by atoms with Gasteiger partial charge in [0.1, 0.15) is 4.88 Å². The predicted octanol–water partition coefficient (Wildman–Crippen LogP) is 3.69. The molecule has 2 nitrogen and oxygen atoms in total. The first-order valence-corrected chi connectivity index (χ1v) is 6.38. The number of nitrogens with one attached hydrogen (secondary N) is 1. The summed E-state index contributed by atoms with van der Waals surface area (Å²) in [6.45, 7) is 2.70. The monoisotopic (exact) mass is 253 g/mol. The SMILES string of the molecule is CCCNC(=O)c1sc2ccccc2c1Cl. The lowest BCUT2D eigenvalue weighted by molar-refractivity contribution is 0.0958. The average molecular weight is 254 g/mol. The Kier molecular flexibility index (Phi) is 3.46. The van der Waals surface area contributed by atoms with Crippen LogP contribution in [0.2, 0.25) is 5.02 Å². The molecule has 1 aromatic carbocycles. The Labute approximate surface area is 103 Å². The van der Waals surface area contributed by atoms with Crippen molar-refractivity contribution >= 4 is 38.9 Å². The van der Waals surface area contributed by atoms with Crippen molar-refractivity contribution in [2.75, 3.05) is 6.54 Å². The Bertz CT molecular complexity index is 521. The van der Waals surface area contributed by atoms with Crippen LogP contribution in [0.3, 0.4) is 0 Å². The Morgan fingerprint density at radius 3 is 2.88 bits per heavy atom. The third-order valence-electron chi connectivity index (χ3n) is 2.28. The van der Waals surface area contributed by atoms with Crippen molar-refractivity contribution in [1.82, 2.24) is 5.32 Å². The van der Waals surface area contributed by atoms with E-state index < -0.39 is 0 Å². The summed E-state index contributed by atoms with van der Waals surface area (Å²) in [5, 5.41) is 4.36. The van der Waals surface area contributed by atoms with E-state index >= 15 is 0 Å². The van der Waals surface area contributed by atoms with Crippen molar-refractivity contribution in [3.8, 4) is 0 Å². The van der Waals surface area contributed by atoms with E-state index in [0.29, 0.717) is 16.4 Å². The van der Waals surface area contributed by atoms with Gasteiger partial charge in [0.15, 0.2) is 0 Å². The first kappa shape index (κ1) is 11.4. The molecule has 1 amide bonds. The summed E-state index contributed by atoms with van der Waals surface area (Å²) < 4.78 is 1.05. The molecule has 1 heterocycles. The second-order valence-corrected chi connectivity index (χ2v) is 4.93. The molecular formula is C12H12ClNOS. The summed E-state index contributed by atoms with van der Waals surface area (Å²) in [6.07, 6.45) is 0.925. The van der Waals surface area contributed by atoms with Gasteiger partial charge < -0.3 is 5.32 Å². The lowest BCUT2D eigenvalue weighted by atomic mass is 10.2. The number of hydrogen-bond acceptors (Lipinski definition) is 2. The number of rotatable bonds is 3. The molecule has 0 bridgehead atoms. The zero-order valence-corrected chi connectivity index (χ0v) is 10.5. The van der Waals surface area contributed by atoms with E-state index in [0.717, 1.165) is 16.5 Å². The van der Waals surface area contributed by atoms with Crippen LogP contribution in [0.5, 0.6) is 0 Å². The molecule has 2 rings (SSSR count). The molecule has 2 aromatic rings. The summed E-state index contributed by atoms with van der Waals surface area (Å²) in [4.78, 5) is 12.4. The molecule has 0 saturated heterocycles. The maximum absolute atomic E-state index is 11.8. The van der Waals surface area contributed by atoms with Gasteiger partial charge >= 0.3 is 0 Å². The standard InChI is InChI=1S/C12H12ClNOS/c1-2-7-14-12(15)11-10(13)8-5-3-4-6-9(8)16-11/h3-6H,2,7H2,1H3,(H,14,15). The van der Waals surface area contributed by atoms with E-state index in [1.807, 2.05) is 31.2 Å². The molecule has 4 heteroatoms. The van der Waals surface area contributed by atoms with Gasteiger partial charge in [0, 0.05) is 16.6 Å². The zero-order valence-electron chi connectivity index (χ0n) is 8.92. The van der Waals surface area contributed by atoms with Gasteiger partial charge in [-0.05, 0) is 12.5 Å². The minimum absolute atomic E-state index is 0.0759. The lowest BCUT2D eigenvalue weighted by Gasteiger charge is -2.00. The Hall–Kier alpha value is -1.06. The van der Waals surface area contributed by atoms with Crippen LogP contribution in [0.25, 0.3) is 10.1 Å². The van der Waals surface area contributed by atoms with Crippen LogP contribution < -0.4 is 5.32 Å². The predicted molar refractivity (Wildman–Crippen MR) is 69.5 cm³/mol. The van der Waals surface area contributed by atoms with Crippen molar-refractivity contribution < 1.29 is 4.79 Å². The molecule has 0 radical (unpaired) electrons. The molecule has 0 saturated carbocycles. The number of carbonyl (C=O) groups is 1. The van der Waals surface area contributed by atoms with Crippen LogP contribution in [0.1, 0.15) is 23.0 Å². The highest BCUT2D eigenvalue weighted by Gasteiger charge is 2.15. The highest BCUT2D eigenvalue weighted by molar-refractivity contribution is 7.21. The second kappa shape index (κ2) is 4.85. The van der Waals surface area contributed by atoms with Gasteiger partial charge in [0.25, 0.3) is 5.91 Å². The largest absolute Gasteiger partial charge is 0.351 e. The molecule has 0 spiro atoms. The number of amides is 1. The minimum Gasteiger partial charge on any atom is -0.351 e. The van der Waals surface area contributed by atoms with Crippen LogP contribution in [0.15, 0.2) is 24.3 Å². The fourth-order valence-electron chi connectivity index (χ4n) is 1.48. The van der Waals surface area contributed by atoms with Gasteiger partial charge in [-0.15, -0.1) is 11.3 Å². The summed E-state index contributed by atoms with van der Waals surface area (Å²) in [5.74, 6) is -0.0759. The van der Waals surface area contributed by atoms with Crippen LogP contribution in [0.4, 0.5) is 0 Å². The summed E-state index contributed by atoms with van der Waals surface area (Å²) in [6, 6.07) is 7.78. The van der Waals surface area contributed by atoms with Crippen molar-refractivity contribution in [1.29, 1.82) is 0 Å². The van der Waals surface area contributed by atoms with Crippen molar-refractivity contribution in [2.24, 2.45) is 0 Å². The van der Waals surface area contributed by atoms with Crippen LogP contribution in [-0.2, 0) is 0 Å². The first-order valence-electron chi connectivity index (χ1n) is 5.19. The van der Waals surface area contributed by atoms with E-state index in [9.17, 15) is 4.79 Å². The molecule has 0 fully saturated rings. The van der Waals surface area contributed by atoms with Gasteiger partial charge in [-0.25, -0.2) is 0 Å². The molecule has 1 N–H and O–H groups in total. The zero-order chi connectivity index (χ0) is 11.5. The summed E-state index contributed by atoms with van der Waals surface area (Å²) >= 11 is 7.62. The van der Waals surface area contributed by atoms with Crippen molar-refractivity contribution in [3.05, 3.63) is 34.2 Å². The maximum atomic E-state index is 11.8. The number of halogens is 1. The normalized spacial score (nSPS) is 10.6. The molecule has 84 valence electrons. The van der Waals surface area contributed by atoms with Crippen LogP contribution >= 0.6 is 22.9 Å². The quantitative estimate of drug-likeness (QED) is 0.888. The van der Waals surface area contributed by atoms with E-state index in [-0.39, 0.29) is 5.91 Å². The Morgan fingerprint density at radius 2 is 2.19 bits per heavy atom. The van der Waals surface area contributed by atoms with E-state index in [1.54, 1.807) is 0 Å². The van der Waals surface area contributed by atoms with Gasteiger partial charge in [0.2, 0.25) is 0 Å². The van der Waals surface area contributed by atoms with Crippen LogP contribution in [-0.4, -0.2) is 12.5 Å². The maximum Gasteiger partial charge on any atom is 0.262 e. The highest BCUT2D eigenvalue weighted by atomic mass is 35.5. The Balaban J connectivity index is 2.37. The fraction of sp³-hybridized carbons (Fsp3) is 0.250. The van der Waals surface area contributed by atoms with E-state index in [2.05, 4.69) is 5.32 Å².